The first-order valence-corrected chi connectivity index (χ1v) is 6.94. The van der Waals surface area contributed by atoms with Crippen molar-refractivity contribution in [1.82, 2.24) is 9.88 Å². The number of anilines is 1. The molecule has 108 valence electrons. The van der Waals surface area contributed by atoms with Gasteiger partial charge in [0.2, 0.25) is 0 Å². The number of H-pyrrole nitrogens is 1. The lowest BCUT2D eigenvalue weighted by atomic mass is 10.1. The van der Waals surface area contributed by atoms with E-state index in [1.807, 2.05) is 6.07 Å². The van der Waals surface area contributed by atoms with Crippen LogP contribution < -0.4 is 5.73 Å². The summed E-state index contributed by atoms with van der Waals surface area (Å²) in [5.74, 6) is -0.0654. The standard InChI is InChI=1S/C15H21N3O2/c1-2-3-6-18(7-8-19)15(20)13-10-17-14-5-4-11(16)9-12(13)14/h4-5,9-10,17,19H,2-3,6-8,16H2,1H3. The van der Waals surface area contributed by atoms with E-state index in [9.17, 15) is 4.79 Å². The first-order chi connectivity index (χ1) is 9.67. The molecule has 1 aromatic carbocycles. The second kappa shape index (κ2) is 6.43. The molecule has 0 aliphatic heterocycles. The van der Waals surface area contributed by atoms with Crippen LogP contribution in [-0.2, 0) is 0 Å². The van der Waals surface area contributed by atoms with Gasteiger partial charge in [0.05, 0.1) is 12.2 Å². The highest BCUT2D eigenvalue weighted by molar-refractivity contribution is 6.07. The maximum absolute atomic E-state index is 12.6. The molecule has 2 rings (SSSR count). The lowest BCUT2D eigenvalue weighted by Gasteiger charge is -2.21. The van der Waals surface area contributed by atoms with Crippen LogP contribution in [-0.4, -0.2) is 40.6 Å². The van der Waals surface area contributed by atoms with E-state index in [1.54, 1.807) is 23.2 Å². The Kier molecular flexibility index (Phi) is 4.63. The predicted molar refractivity (Wildman–Crippen MR) is 80.6 cm³/mol. The first kappa shape index (κ1) is 14.4. The van der Waals surface area contributed by atoms with Gasteiger partial charge in [-0.2, -0.15) is 0 Å². The number of unbranched alkanes of at least 4 members (excludes halogenated alkanes) is 1. The molecule has 5 heteroatoms. The molecule has 1 amide bonds. The van der Waals surface area contributed by atoms with Crippen LogP contribution in [0.15, 0.2) is 24.4 Å². The highest BCUT2D eigenvalue weighted by atomic mass is 16.3. The molecule has 2 aromatic rings. The van der Waals surface area contributed by atoms with Crippen molar-refractivity contribution < 1.29 is 9.90 Å². The van der Waals surface area contributed by atoms with Crippen LogP contribution in [0, 0.1) is 0 Å². The Morgan fingerprint density at radius 2 is 2.20 bits per heavy atom. The van der Waals surface area contributed by atoms with E-state index in [-0.39, 0.29) is 12.5 Å². The molecule has 0 unspecified atom stereocenters. The van der Waals surface area contributed by atoms with Gasteiger partial charge < -0.3 is 20.7 Å². The summed E-state index contributed by atoms with van der Waals surface area (Å²) < 4.78 is 0. The molecule has 0 fully saturated rings. The Bertz CT molecular complexity index is 592. The number of amides is 1. The van der Waals surface area contributed by atoms with E-state index < -0.39 is 0 Å². The van der Waals surface area contributed by atoms with Crippen molar-refractivity contribution in [3.05, 3.63) is 30.0 Å². The van der Waals surface area contributed by atoms with Gasteiger partial charge in [-0.1, -0.05) is 13.3 Å². The number of aliphatic hydroxyl groups excluding tert-OH is 1. The average molecular weight is 275 g/mol. The SMILES string of the molecule is CCCCN(CCO)C(=O)c1c[nH]c2ccc(N)cc12. The van der Waals surface area contributed by atoms with Gasteiger partial charge in [0.1, 0.15) is 0 Å². The zero-order chi connectivity index (χ0) is 14.5. The van der Waals surface area contributed by atoms with Crippen molar-refractivity contribution in [2.45, 2.75) is 19.8 Å². The third-order valence-electron chi connectivity index (χ3n) is 3.37. The molecule has 1 heterocycles. The van der Waals surface area contributed by atoms with Crippen molar-refractivity contribution in [3.8, 4) is 0 Å². The average Bonchev–Trinajstić information content (AvgIpc) is 2.85. The van der Waals surface area contributed by atoms with Gasteiger partial charge in [-0.25, -0.2) is 0 Å². The monoisotopic (exact) mass is 275 g/mol. The number of hydrogen-bond donors (Lipinski definition) is 3. The number of benzene rings is 1. The Morgan fingerprint density at radius 3 is 2.90 bits per heavy atom. The fourth-order valence-corrected chi connectivity index (χ4v) is 2.27. The van der Waals surface area contributed by atoms with Crippen molar-refractivity contribution in [1.29, 1.82) is 0 Å². The number of aromatic amines is 1. The number of rotatable bonds is 6. The van der Waals surface area contributed by atoms with Gasteiger partial charge in [-0.05, 0) is 24.6 Å². The summed E-state index contributed by atoms with van der Waals surface area (Å²) in [7, 11) is 0. The number of aromatic nitrogens is 1. The Hall–Kier alpha value is -2.01. The zero-order valence-corrected chi connectivity index (χ0v) is 11.7. The molecule has 0 aliphatic carbocycles. The summed E-state index contributed by atoms with van der Waals surface area (Å²) in [5, 5.41) is 9.95. The smallest absolute Gasteiger partial charge is 0.256 e. The number of nitrogen functional groups attached to an aromatic ring is 1. The summed E-state index contributed by atoms with van der Waals surface area (Å²) in [6, 6.07) is 5.47. The number of aliphatic hydroxyl groups is 1. The molecule has 0 saturated heterocycles. The zero-order valence-electron chi connectivity index (χ0n) is 11.7. The number of nitrogens with zero attached hydrogens (tertiary/aromatic N) is 1. The number of hydrogen-bond acceptors (Lipinski definition) is 3. The normalized spacial score (nSPS) is 10.9. The summed E-state index contributed by atoms with van der Waals surface area (Å²) >= 11 is 0. The molecule has 0 spiro atoms. The molecule has 20 heavy (non-hydrogen) atoms. The highest BCUT2D eigenvalue weighted by Crippen LogP contribution is 2.22. The van der Waals surface area contributed by atoms with Crippen LogP contribution in [0.3, 0.4) is 0 Å². The minimum absolute atomic E-state index is 0.0278. The van der Waals surface area contributed by atoms with Crippen LogP contribution in [0.25, 0.3) is 10.9 Å². The maximum atomic E-state index is 12.6. The minimum Gasteiger partial charge on any atom is -0.399 e. The summed E-state index contributed by atoms with van der Waals surface area (Å²) in [6.07, 6.45) is 3.65. The van der Waals surface area contributed by atoms with E-state index in [4.69, 9.17) is 10.8 Å². The van der Waals surface area contributed by atoms with Gasteiger partial charge in [0.15, 0.2) is 0 Å². The molecule has 0 radical (unpaired) electrons. The molecular formula is C15H21N3O2. The van der Waals surface area contributed by atoms with Crippen molar-refractivity contribution in [3.63, 3.8) is 0 Å². The van der Waals surface area contributed by atoms with E-state index in [0.717, 1.165) is 23.7 Å². The quantitative estimate of drug-likeness (QED) is 0.705. The van der Waals surface area contributed by atoms with Gasteiger partial charge in [0.25, 0.3) is 5.91 Å². The summed E-state index contributed by atoms with van der Waals surface area (Å²) in [6.45, 7) is 3.06. The van der Waals surface area contributed by atoms with Gasteiger partial charge >= 0.3 is 0 Å². The molecular weight excluding hydrogens is 254 g/mol. The number of carbonyl (C=O) groups is 1. The maximum Gasteiger partial charge on any atom is 0.256 e. The third-order valence-corrected chi connectivity index (χ3v) is 3.37. The number of nitrogens with two attached hydrogens (primary N) is 1. The van der Waals surface area contributed by atoms with Gasteiger partial charge in [-0.3, -0.25) is 4.79 Å². The van der Waals surface area contributed by atoms with E-state index in [1.165, 1.54) is 0 Å². The molecule has 0 aliphatic rings. The Balaban J connectivity index is 2.30. The lowest BCUT2D eigenvalue weighted by molar-refractivity contribution is 0.0721. The second-order valence-corrected chi connectivity index (χ2v) is 4.88. The Morgan fingerprint density at radius 1 is 1.40 bits per heavy atom. The van der Waals surface area contributed by atoms with Crippen LogP contribution in [0.1, 0.15) is 30.1 Å². The van der Waals surface area contributed by atoms with Crippen LogP contribution in [0.5, 0.6) is 0 Å². The van der Waals surface area contributed by atoms with E-state index in [0.29, 0.717) is 24.3 Å². The van der Waals surface area contributed by atoms with Crippen LogP contribution >= 0.6 is 0 Å². The predicted octanol–water partition coefficient (Wildman–Crippen LogP) is 1.98. The number of fused-ring (bicyclic) bond motifs is 1. The molecule has 4 N–H and O–H groups in total. The van der Waals surface area contributed by atoms with Gasteiger partial charge in [-0.15, -0.1) is 0 Å². The molecule has 1 aromatic heterocycles. The fourth-order valence-electron chi connectivity index (χ4n) is 2.27. The topological polar surface area (TPSA) is 82.3 Å². The van der Waals surface area contributed by atoms with E-state index in [2.05, 4.69) is 11.9 Å². The number of nitrogens with one attached hydrogen (secondary N) is 1. The van der Waals surface area contributed by atoms with Crippen molar-refractivity contribution >= 4 is 22.5 Å². The number of carbonyl (C=O) groups excluding carboxylic acids is 1. The Labute approximate surface area is 118 Å². The lowest BCUT2D eigenvalue weighted by Crippen LogP contribution is -2.34. The summed E-state index contributed by atoms with van der Waals surface area (Å²) in [5.41, 5.74) is 7.92. The minimum atomic E-state index is -0.0654. The largest absolute Gasteiger partial charge is 0.399 e. The molecule has 5 nitrogen and oxygen atoms in total. The third kappa shape index (κ3) is 2.93. The first-order valence-electron chi connectivity index (χ1n) is 6.94. The molecule has 0 bridgehead atoms. The fraction of sp³-hybridized carbons (Fsp3) is 0.400. The van der Waals surface area contributed by atoms with Crippen molar-refractivity contribution in [2.75, 3.05) is 25.4 Å². The van der Waals surface area contributed by atoms with Crippen molar-refractivity contribution in [2.24, 2.45) is 0 Å². The second-order valence-electron chi connectivity index (χ2n) is 4.88. The molecule has 0 atom stereocenters. The summed E-state index contributed by atoms with van der Waals surface area (Å²) in [4.78, 5) is 17.4. The van der Waals surface area contributed by atoms with Crippen LogP contribution in [0.2, 0.25) is 0 Å². The van der Waals surface area contributed by atoms with E-state index >= 15 is 0 Å². The van der Waals surface area contributed by atoms with Gasteiger partial charge in [0, 0.05) is 35.9 Å². The van der Waals surface area contributed by atoms with Crippen LogP contribution in [0.4, 0.5) is 5.69 Å². The molecule has 0 saturated carbocycles. The highest BCUT2D eigenvalue weighted by Gasteiger charge is 2.18.